The summed E-state index contributed by atoms with van der Waals surface area (Å²) in [5, 5.41) is 0. The number of hydrogen-bond acceptors (Lipinski definition) is 6. The molecule has 0 spiro atoms. The zero-order valence-corrected chi connectivity index (χ0v) is 12.4. The molecule has 116 valence electrons. The van der Waals surface area contributed by atoms with Crippen LogP contribution in [0, 0.1) is 0 Å². The summed E-state index contributed by atoms with van der Waals surface area (Å²) in [5.41, 5.74) is 0.131. The highest BCUT2D eigenvalue weighted by molar-refractivity contribution is 7.90. The van der Waals surface area contributed by atoms with E-state index < -0.39 is 26.3 Å². The van der Waals surface area contributed by atoms with Gasteiger partial charge in [-0.1, -0.05) is 12.1 Å². The Kier molecular flexibility index (Phi) is 4.33. The standard InChI is InChI=1S/C11H13NO7S2/c13-11-9-5-1-2-6-10(9)20(14,15)12(11)7-3-4-8-19-21(16,17)18/h1-2,5-6H,3-4,7-8H2,(H,16,17,18). The van der Waals surface area contributed by atoms with E-state index in [9.17, 15) is 21.6 Å². The molecule has 0 radical (unpaired) electrons. The Labute approximate surface area is 122 Å². The van der Waals surface area contributed by atoms with Crippen LogP contribution in [0.2, 0.25) is 0 Å². The Hall–Kier alpha value is -1.49. The van der Waals surface area contributed by atoms with E-state index in [0.29, 0.717) is 0 Å². The summed E-state index contributed by atoms with van der Waals surface area (Å²) < 4.78 is 58.2. The third kappa shape index (κ3) is 3.40. The first kappa shape index (κ1) is 15.9. The Morgan fingerprint density at radius 1 is 1.19 bits per heavy atom. The number of hydrogen-bond donors (Lipinski definition) is 1. The van der Waals surface area contributed by atoms with Gasteiger partial charge in [0.15, 0.2) is 0 Å². The van der Waals surface area contributed by atoms with E-state index in [1.165, 1.54) is 18.2 Å². The first-order chi connectivity index (χ1) is 9.73. The lowest BCUT2D eigenvalue weighted by Gasteiger charge is -2.14. The van der Waals surface area contributed by atoms with Crippen molar-refractivity contribution in [2.45, 2.75) is 17.7 Å². The molecular formula is C11H13NO7S2. The lowest BCUT2D eigenvalue weighted by Crippen LogP contribution is -2.31. The SMILES string of the molecule is O=C1c2ccccc2S(=O)(=O)N1CCCCOS(=O)(=O)O. The zero-order chi connectivity index (χ0) is 15.7. The largest absolute Gasteiger partial charge is 0.397 e. The van der Waals surface area contributed by atoms with Crippen LogP contribution in [-0.4, -0.2) is 44.8 Å². The van der Waals surface area contributed by atoms with Crippen LogP contribution in [-0.2, 0) is 24.6 Å². The summed E-state index contributed by atoms with van der Waals surface area (Å²) in [6, 6.07) is 5.92. The Balaban J connectivity index is 1.98. The van der Waals surface area contributed by atoms with E-state index in [1.807, 2.05) is 0 Å². The molecule has 0 saturated carbocycles. The van der Waals surface area contributed by atoms with Gasteiger partial charge in [0.25, 0.3) is 15.9 Å². The summed E-state index contributed by atoms with van der Waals surface area (Å²) in [6.45, 7) is -0.363. The van der Waals surface area contributed by atoms with E-state index in [0.717, 1.165) is 4.31 Å². The number of nitrogens with zero attached hydrogens (tertiary/aromatic N) is 1. The van der Waals surface area contributed by atoms with Gasteiger partial charge in [0.1, 0.15) is 4.90 Å². The summed E-state index contributed by atoms with van der Waals surface area (Å²) in [4.78, 5) is 12.0. The quantitative estimate of drug-likeness (QED) is 0.591. The van der Waals surface area contributed by atoms with E-state index in [4.69, 9.17) is 4.55 Å². The molecule has 10 heteroatoms. The lowest BCUT2D eigenvalue weighted by molar-refractivity contribution is 0.0868. The van der Waals surface area contributed by atoms with Crippen molar-refractivity contribution in [3.8, 4) is 0 Å². The summed E-state index contributed by atoms with van der Waals surface area (Å²) in [5.74, 6) is -0.596. The smallest absolute Gasteiger partial charge is 0.268 e. The normalized spacial score (nSPS) is 17.0. The molecule has 0 atom stereocenters. The molecule has 8 nitrogen and oxygen atoms in total. The average molecular weight is 335 g/mol. The maximum atomic E-state index is 12.2. The third-order valence-corrected chi connectivity index (χ3v) is 5.20. The van der Waals surface area contributed by atoms with Crippen LogP contribution in [0.1, 0.15) is 23.2 Å². The molecule has 0 aliphatic carbocycles. The van der Waals surface area contributed by atoms with Gasteiger partial charge in [0.2, 0.25) is 0 Å². The Morgan fingerprint density at radius 2 is 1.86 bits per heavy atom. The second-order valence-corrected chi connectivity index (χ2v) is 7.26. The second kappa shape index (κ2) is 5.72. The van der Waals surface area contributed by atoms with Crippen molar-refractivity contribution < 1.29 is 30.4 Å². The highest BCUT2D eigenvalue weighted by atomic mass is 32.3. The predicted octanol–water partition coefficient (Wildman–Crippen LogP) is 0.431. The first-order valence-corrected chi connectivity index (χ1v) is 8.82. The van der Waals surface area contributed by atoms with Gasteiger partial charge in [-0.25, -0.2) is 16.9 Å². The molecule has 0 unspecified atom stereocenters. The minimum Gasteiger partial charge on any atom is -0.268 e. The van der Waals surface area contributed by atoms with Gasteiger partial charge in [-0.05, 0) is 25.0 Å². The molecule has 1 aliphatic rings. The topological polar surface area (TPSA) is 118 Å². The van der Waals surface area contributed by atoms with Crippen LogP contribution < -0.4 is 0 Å². The number of fused-ring (bicyclic) bond motifs is 1. The van der Waals surface area contributed by atoms with Gasteiger partial charge in [-0.15, -0.1) is 0 Å². The van der Waals surface area contributed by atoms with E-state index in [2.05, 4.69) is 4.18 Å². The molecular weight excluding hydrogens is 322 g/mol. The summed E-state index contributed by atoms with van der Waals surface area (Å²) in [6.07, 6.45) is 0.393. The maximum Gasteiger partial charge on any atom is 0.397 e. The molecule has 0 bridgehead atoms. The molecule has 1 aromatic carbocycles. The molecule has 0 saturated heterocycles. The number of carbonyl (C=O) groups is 1. The fraction of sp³-hybridized carbons (Fsp3) is 0.364. The van der Waals surface area contributed by atoms with Gasteiger partial charge < -0.3 is 0 Å². The number of benzene rings is 1. The van der Waals surface area contributed by atoms with Crippen molar-refractivity contribution in [1.29, 1.82) is 0 Å². The van der Waals surface area contributed by atoms with Crippen molar-refractivity contribution in [1.82, 2.24) is 4.31 Å². The number of amides is 1. The van der Waals surface area contributed by atoms with Crippen molar-refractivity contribution in [3.63, 3.8) is 0 Å². The van der Waals surface area contributed by atoms with Crippen molar-refractivity contribution in [2.75, 3.05) is 13.2 Å². The van der Waals surface area contributed by atoms with Crippen LogP contribution in [0.15, 0.2) is 29.2 Å². The first-order valence-electron chi connectivity index (χ1n) is 6.01. The van der Waals surface area contributed by atoms with Gasteiger partial charge in [0.05, 0.1) is 12.2 Å². The zero-order valence-electron chi connectivity index (χ0n) is 10.8. The summed E-state index contributed by atoms with van der Waals surface area (Å²) >= 11 is 0. The lowest BCUT2D eigenvalue weighted by atomic mass is 10.2. The highest BCUT2D eigenvalue weighted by Gasteiger charge is 2.40. The van der Waals surface area contributed by atoms with Crippen molar-refractivity contribution in [2.24, 2.45) is 0 Å². The van der Waals surface area contributed by atoms with Crippen LogP contribution in [0.5, 0.6) is 0 Å². The average Bonchev–Trinajstić information content (AvgIpc) is 2.58. The monoisotopic (exact) mass is 335 g/mol. The van der Waals surface area contributed by atoms with Crippen LogP contribution >= 0.6 is 0 Å². The molecule has 0 aromatic heterocycles. The molecule has 21 heavy (non-hydrogen) atoms. The van der Waals surface area contributed by atoms with Gasteiger partial charge in [-0.2, -0.15) is 8.42 Å². The highest BCUT2D eigenvalue weighted by Crippen LogP contribution is 2.29. The molecule has 1 amide bonds. The van der Waals surface area contributed by atoms with Crippen LogP contribution in [0.25, 0.3) is 0 Å². The number of unbranched alkanes of at least 4 members (excludes halogenated alkanes) is 1. The Bertz CT molecular complexity index is 755. The van der Waals surface area contributed by atoms with E-state index in [-0.39, 0.29) is 36.5 Å². The van der Waals surface area contributed by atoms with Crippen LogP contribution in [0.3, 0.4) is 0 Å². The van der Waals surface area contributed by atoms with Gasteiger partial charge >= 0.3 is 10.4 Å². The minimum atomic E-state index is -4.50. The Morgan fingerprint density at radius 3 is 2.48 bits per heavy atom. The van der Waals surface area contributed by atoms with Gasteiger partial charge in [-0.3, -0.25) is 9.35 Å². The van der Waals surface area contributed by atoms with Gasteiger partial charge in [0, 0.05) is 6.54 Å². The van der Waals surface area contributed by atoms with E-state index >= 15 is 0 Å². The van der Waals surface area contributed by atoms with E-state index in [1.54, 1.807) is 6.07 Å². The molecule has 1 aliphatic heterocycles. The fourth-order valence-corrected chi connectivity index (χ4v) is 3.91. The maximum absolute atomic E-state index is 12.2. The third-order valence-electron chi connectivity index (χ3n) is 2.90. The van der Waals surface area contributed by atoms with Crippen LogP contribution in [0.4, 0.5) is 0 Å². The molecule has 2 rings (SSSR count). The number of sulfonamides is 1. The predicted molar refractivity (Wildman–Crippen MR) is 71.4 cm³/mol. The summed E-state index contributed by atoms with van der Waals surface area (Å²) in [7, 11) is -8.34. The molecule has 1 N–H and O–H groups in total. The second-order valence-electron chi connectivity index (χ2n) is 4.34. The number of rotatable bonds is 6. The fourth-order valence-electron chi connectivity index (χ4n) is 1.97. The number of carbonyl (C=O) groups excluding carboxylic acids is 1. The minimum absolute atomic E-state index is 0.0239. The molecule has 1 heterocycles. The van der Waals surface area contributed by atoms with Crippen molar-refractivity contribution in [3.05, 3.63) is 29.8 Å². The van der Waals surface area contributed by atoms with Crippen molar-refractivity contribution >= 4 is 26.3 Å². The molecule has 0 fully saturated rings. The molecule has 1 aromatic rings.